The molecule has 21 heavy (non-hydrogen) atoms. The van der Waals surface area contributed by atoms with Gasteiger partial charge in [0.05, 0.1) is 12.3 Å². The number of aliphatic hydroxyl groups is 1. The number of aliphatic hydroxyl groups excluding tert-OH is 1. The van der Waals surface area contributed by atoms with Gasteiger partial charge in [0.2, 0.25) is 0 Å². The van der Waals surface area contributed by atoms with Crippen LogP contribution in [-0.2, 0) is 11.3 Å². The standard InChI is InChI=1S/C16H17NO2.CH4O/c1-18-11-13-7-9-15(10-8-13)19-12-16(17)14-5-3-2-4-6-14;1-2/h2-10,17H,11-12H2,1H3;2H,1H3. The van der Waals surface area contributed by atoms with Crippen molar-refractivity contribution >= 4 is 5.71 Å². The summed E-state index contributed by atoms with van der Waals surface area (Å²) in [7, 11) is 2.67. The summed E-state index contributed by atoms with van der Waals surface area (Å²) in [5.74, 6) is 0.764. The van der Waals surface area contributed by atoms with Crippen molar-refractivity contribution in [2.45, 2.75) is 6.61 Å². The van der Waals surface area contributed by atoms with Gasteiger partial charge in [0, 0.05) is 14.2 Å². The fourth-order valence-corrected chi connectivity index (χ4v) is 1.73. The highest BCUT2D eigenvalue weighted by atomic mass is 16.5. The smallest absolute Gasteiger partial charge is 0.130 e. The Morgan fingerprint density at radius 1 is 1.00 bits per heavy atom. The van der Waals surface area contributed by atoms with Crippen molar-refractivity contribution in [2.24, 2.45) is 0 Å². The topological polar surface area (TPSA) is 62.5 Å². The molecule has 2 rings (SSSR count). The summed E-state index contributed by atoms with van der Waals surface area (Å²) in [6.45, 7) is 0.869. The summed E-state index contributed by atoms with van der Waals surface area (Å²) in [5.41, 5.74) is 2.47. The van der Waals surface area contributed by atoms with Gasteiger partial charge < -0.3 is 20.0 Å². The van der Waals surface area contributed by atoms with E-state index in [4.69, 9.17) is 20.0 Å². The molecule has 2 N–H and O–H groups in total. The fourth-order valence-electron chi connectivity index (χ4n) is 1.73. The van der Waals surface area contributed by atoms with Crippen molar-refractivity contribution in [1.82, 2.24) is 0 Å². The molecule has 0 radical (unpaired) electrons. The lowest BCUT2D eigenvalue weighted by molar-refractivity contribution is 0.185. The third kappa shape index (κ3) is 5.77. The van der Waals surface area contributed by atoms with E-state index in [9.17, 15) is 0 Å². The highest BCUT2D eigenvalue weighted by Crippen LogP contribution is 2.13. The van der Waals surface area contributed by atoms with Gasteiger partial charge in [-0.15, -0.1) is 0 Å². The summed E-state index contributed by atoms with van der Waals surface area (Å²) in [6.07, 6.45) is 0. The molecule has 112 valence electrons. The van der Waals surface area contributed by atoms with E-state index in [-0.39, 0.29) is 6.61 Å². The molecule has 0 aliphatic heterocycles. The minimum Gasteiger partial charge on any atom is -0.487 e. The fraction of sp³-hybridized carbons (Fsp3) is 0.235. The zero-order valence-electron chi connectivity index (χ0n) is 12.4. The van der Waals surface area contributed by atoms with Crippen LogP contribution in [0.2, 0.25) is 0 Å². The predicted octanol–water partition coefficient (Wildman–Crippen LogP) is 2.89. The Morgan fingerprint density at radius 2 is 1.62 bits per heavy atom. The number of rotatable bonds is 6. The van der Waals surface area contributed by atoms with Crippen LogP contribution in [0.1, 0.15) is 11.1 Å². The Labute approximate surface area is 125 Å². The maximum atomic E-state index is 7.94. The molecule has 4 nitrogen and oxygen atoms in total. The number of methoxy groups -OCH3 is 1. The molecule has 0 heterocycles. The van der Waals surface area contributed by atoms with Crippen LogP contribution in [0.3, 0.4) is 0 Å². The van der Waals surface area contributed by atoms with Crippen molar-refractivity contribution in [3.63, 3.8) is 0 Å². The highest BCUT2D eigenvalue weighted by Gasteiger charge is 2.02. The first-order valence-electron chi connectivity index (χ1n) is 6.58. The predicted molar refractivity (Wildman–Crippen MR) is 84.1 cm³/mol. The first-order valence-corrected chi connectivity index (χ1v) is 6.58. The van der Waals surface area contributed by atoms with Crippen LogP contribution in [0.4, 0.5) is 0 Å². The molecule has 0 aromatic heterocycles. The van der Waals surface area contributed by atoms with E-state index in [1.807, 2.05) is 54.6 Å². The van der Waals surface area contributed by atoms with Gasteiger partial charge in [-0.05, 0) is 23.3 Å². The van der Waals surface area contributed by atoms with Gasteiger partial charge in [-0.1, -0.05) is 42.5 Å². The normalized spacial score (nSPS) is 9.48. The molecule has 0 unspecified atom stereocenters. The molecule has 2 aromatic rings. The van der Waals surface area contributed by atoms with Crippen LogP contribution < -0.4 is 4.74 Å². The molecular formula is C17H21NO3. The molecule has 2 aromatic carbocycles. The summed E-state index contributed by atoms with van der Waals surface area (Å²) >= 11 is 0. The summed E-state index contributed by atoms with van der Waals surface area (Å²) in [4.78, 5) is 0. The van der Waals surface area contributed by atoms with Gasteiger partial charge in [-0.3, -0.25) is 0 Å². The molecule has 0 saturated carbocycles. The van der Waals surface area contributed by atoms with Crippen LogP contribution in [0.15, 0.2) is 54.6 Å². The number of nitrogens with one attached hydrogen (secondary N) is 1. The van der Waals surface area contributed by atoms with E-state index in [1.165, 1.54) is 0 Å². The minimum atomic E-state index is 0.271. The molecule has 4 heteroatoms. The third-order valence-corrected chi connectivity index (χ3v) is 2.74. The van der Waals surface area contributed by atoms with Crippen LogP contribution in [0, 0.1) is 5.41 Å². The first-order chi connectivity index (χ1) is 10.3. The van der Waals surface area contributed by atoms with Crippen molar-refractivity contribution in [1.29, 1.82) is 5.41 Å². The van der Waals surface area contributed by atoms with E-state index in [0.717, 1.165) is 24.0 Å². The van der Waals surface area contributed by atoms with Gasteiger partial charge >= 0.3 is 0 Å². The Kier molecular flexibility index (Phi) is 7.79. The SMILES string of the molecule is CO.COCc1ccc(OCC(=N)c2ccccc2)cc1. The zero-order valence-corrected chi connectivity index (χ0v) is 12.4. The molecule has 0 spiro atoms. The summed E-state index contributed by atoms with van der Waals surface area (Å²) in [6, 6.07) is 17.3. The van der Waals surface area contributed by atoms with E-state index < -0.39 is 0 Å². The molecule has 0 bridgehead atoms. The average molecular weight is 287 g/mol. The van der Waals surface area contributed by atoms with Crippen molar-refractivity contribution in [3.8, 4) is 5.75 Å². The van der Waals surface area contributed by atoms with Gasteiger partial charge in [-0.2, -0.15) is 0 Å². The van der Waals surface area contributed by atoms with Crippen LogP contribution in [0.5, 0.6) is 5.75 Å². The van der Waals surface area contributed by atoms with Crippen LogP contribution >= 0.6 is 0 Å². The largest absolute Gasteiger partial charge is 0.487 e. The van der Waals surface area contributed by atoms with Crippen molar-refractivity contribution in [2.75, 3.05) is 20.8 Å². The second-order valence-electron chi connectivity index (χ2n) is 4.21. The molecule has 0 saturated heterocycles. The Morgan fingerprint density at radius 3 is 2.19 bits per heavy atom. The quantitative estimate of drug-likeness (QED) is 0.803. The van der Waals surface area contributed by atoms with E-state index in [2.05, 4.69) is 0 Å². The second kappa shape index (κ2) is 9.69. The maximum Gasteiger partial charge on any atom is 0.130 e. The highest BCUT2D eigenvalue weighted by molar-refractivity contribution is 5.99. The lowest BCUT2D eigenvalue weighted by Gasteiger charge is -2.08. The lowest BCUT2D eigenvalue weighted by Crippen LogP contribution is -2.11. The second-order valence-corrected chi connectivity index (χ2v) is 4.21. The number of hydrogen-bond donors (Lipinski definition) is 2. The van der Waals surface area contributed by atoms with Crippen molar-refractivity contribution < 1.29 is 14.6 Å². The van der Waals surface area contributed by atoms with Gasteiger partial charge in [0.1, 0.15) is 12.4 Å². The zero-order chi connectivity index (χ0) is 15.5. The number of benzene rings is 2. The van der Waals surface area contributed by atoms with Gasteiger partial charge in [0.25, 0.3) is 0 Å². The summed E-state index contributed by atoms with van der Waals surface area (Å²) in [5, 5.41) is 14.9. The molecule has 0 atom stereocenters. The van der Waals surface area contributed by atoms with Crippen molar-refractivity contribution in [3.05, 3.63) is 65.7 Å². The van der Waals surface area contributed by atoms with E-state index in [1.54, 1.807) is 7.11 Å². The van der Waals surface area contributed by atoms with Gasteiger partial charge in [-0.25, -0.2) is 0 Å². The lowest BCUT2D eigenvalue weighted by atomic mass is 10.1. The molecule has 0 aliphatic carbocycles. The Bertz CT molecular complexity index is 523. The molecule has 0 fully saturated rings. The first kappa shape index (κ1) is 16.9. The number of hydrogen-bond acceptors (Lipinski definition) is 4. The molecular weight excluding hydrogens is 266 g/mol. The van der Waals surface area contributed by atoms with E-state index >= 15 is 0 Å². The Balaban J connectivity index is 0.00000106. The average Bonchev–Trinajstić information content (AvgIpc) is 2.57. The van der Waals surface area contributed by atoms with Crippen LogP contribution in [0.25, 0.3) is 0 Å². The summed E-state index contributed by atoms with van der Waals surface area (Å²) < 4.78 is 10.6. The van der Waals surface area contributed by atoms with Crippen LogP contribution in [-0.4, -0.2) is 31.6 Å². The van der Waals surface area contributed by atoms with E-state index in [0.29, 0.717) is 12.3 Å². The number of ether oxygens (including phenoxy) is 2. The molecule has 0 amide bonds. The monoisotopic (exact) mass is 287 g/mol. The maximum absolute atomic E-state index is 7.94. The molecule has 0 aliphatic rings. The van der Waals surface area contributed by atoms with Gasteiger partial charge in [0.15, 0.2) is 0 Å². The third-order valence-electron chi connectivity index (χ3n) is 2.74. The Hall–Kier alpha value is -2.17. The minimum absolute atomic E-state index is 0.271.